The predicted molar refractivity (Wildman–Crippen MR) is 73.1 cm³/mol. The van der Waals surface area contributed by atoms with Crippen LogP contribution in [0.25, 0.3) is 0 Å². The molecule has 0 fully saturated rings. The first kappa shape index (κ1) is 13.8. The van der Waals surface area contributed by atoms with Crippen LogP contribution < -0.4 is 4.74 Å². The molecule has 19 heavy (non-hydrogen) atoms. The summed E-state index contributed by atoms with van der Waals surface area (Å²) in [5.41, 5.74) is 1.16. The Labute approximate surface area is 116 Å². The van der Waals surface area contributed by atoms with Gasteiger partial charge in [0.1, 0.15) is 11.6 Å². The van der Waals surface area contributed by atoms with Gasteiger partial charge in [-0.1, -0.05) is 29.8 Å². The SMILES string of the molecule is COc1ccc(C(O)Cc2ccc(Cl)cc2F)cc1. The first-order chi connectivity index (χ1) is 9.10. The fraction of sp³-hybridized carbons (Fsp3) is 0.200. The highest BCUT2D eigenvalue weighted by molar-refractivity contribution is 6.30. The molecule has 1 N–H and O–H groups in total. The summed E-state index contributed by atoms with van der Waals surface area (Å²) in [6.45, 7) is 0. The highest BCUT2D eigenvalue weighted by atomic mass is 35.5. The second kappa shape index (κ2) is 6.04. The normalized spacial score (nSPS) is 12.2. The van der Waals surface area contributed by atoms with Gasteiger partial charge in [-0.05, 0) is 35.4 Å². The number of rotatable bonds is 4. The van der Waals surface area contributed by atoms with Crippen LogP contribution in [0.1, 0.15) is 17.2 Å². The lowest BCUT2D eigenvalue weighted by molar-refractivity contribution is 0.177. The van der Waals surface area contributed by atoms with Gasteiger partial charge in [0, 0.05) is 11.4 Å². The molecule has 4 heteroatoms. The van der Waals surface area contributed by atoms with Crippen molar-refractivity contribution in [1.29, 1.82) is 0 Å². The fourth-order valence-electron chi connectivity index (χ4n) is 1.84. The summed E-state index contributed by atoms with van der Waals surface area (Å²) in [6.07, 6.45) is -0.559. The van der Waals surface area contributed by atoms with Gasteiger partial charge in [0.2, 0.25) is 0 Å². The summed E-state index contributed by atoms with van der Waals surface area (Å²) in [6, 6.07) is 11.5. The van der Waals surface area contributed by atoms with Crippen molar-refractivity contribution in [2.24, 2.45) is 0 Å². The van der Waals surface area contributed by atoms with Crippen molar-refractivity contribution in [2.75, 3.05) is 7.11 Å². The lowest BCUT2D eigenvalue weighted by Gasteiger charge is -2.12. The van der Waals surface area contributed by atoms with E-state index in [0.717, 1.165) is 5.56 Å². The summed E-state index contributed by atoms with van der Waals surface area (Å²) < 4.78 is 18.7. The monoisotopic (exact) mass is 280 g/mol. The van der Waals surface area contributed by atoms with Crippen LogP contribution in [-0.2, 0) is 6.42 Å². The average Bonchev–Trinajstić information content (AvgIpc) is 2.42. The van der Waals surface area contributed by atoms with E-state index in [4.69, 9.17) is 16.3 Å². The molecule has 0 saturated carbocycles. The van der Waals surface area contributed by atoms with E-state index in [0.29, 0.717) is 16.3 Å². The molecule has 0 aromatic heterocycles. The van der Waals surface area contributed by atoms with Crippen molar-refractivity contribution in [3.63, 3.8) is 0 Å². The van der Waals surface area contributed by atoms with Crippen LogP contribution in [0.5, 0.6) is 5.75 Å². The van der Waals surface area contributed by atoms with Gasteiger partial charge < -0.3 is 9.84 Å². The summed E-state index contributed by atoms with van der Waals surface area (Å²) >= 11 is 5.69. The van der Waals surface area contributed by atoms with Crippen molar-refractivity contribution >= 4 is 11.6 Å². The standard InChI is InChI=1S/C15H14ClFO2/c1-19-13-6-3-10(4-7-13)15(18)8-11-2-5-12(16)9-14(11)17/h2-7,9,15,18H,8H2,1H3. The molecule has 0 amide bonds. The molecule has 1 atom stereocenters. The maximum atomic E-state index is 13.6. The highest BCUT2D eigenvalue weighted by Crippen LogP contribution is 2.23. The van der Waals surface area contributed by atoms with Gasteiger partial charge in [0.05, 0.1) is 13.2 Å². The number of aliphatic hydroxyl groups is 1. The van der Waals surface area contributed by atoms with Crippen molar-refractivity contribution in [3.05, 3.63) is 64.4 Å². The van der Waals surface area contributed by atoms with Crippen LogP contribution >= 0.6 is 11.6 Å². The summed E-state index contributed by atoms with van der Waals surface area (Å²) in [7, 11) is 1.58. The van der Waals surface area contributed by atoms with E-state index in [1.54, 1.807) is 43.5 Å². The maximum absolute atomic E-state index is 13.6. The van der Waals surface area contributed by atoms with E-state index in [1.165, 1.54) is 6.07 Å². The largest absolute Gasteiger partial charge is 0.497 e. The third-order valence-corrected chi connectivity index (χ3v) is 3.16. The van der Waals surface area contributed by atoms with Gasteiger partial charge >= 0.3 is 0 Å². The van der Waals surface area contributed by atoms with Crippen molar-refractivity contribution < 1.29 is 14.2 Å². The zero-order chi connectivity index (χ0) is 13.8. The number of hydrogen-bond donors (Lipinski definition) is 1. The molecule has 0 heterocycles. The second-order valence-electron chi connectivity index (χ2n) is 4.23. The first-order valence-electron chi connectivity index (χ1n) is 5.86. The minimum Gasteiger partial charge on any atom is -0.497 e. The second-order valence-corrected chi connectivity index (χ2v) is 4.67. The molecule has 0 saturated heterocycles. The van der Waals surface area contributed by atoms with Crippen molar-refractivity contribution in [3.8, 4) is 5.75 Å². The van der Waals surface area contributed by atoms with Gasteiger partial charge in [-0.3, -0.25) is 0 Å². The van der Waals surface area contributed by atoms with E-state index < -0.39 is 11.9 Å². The minimum absolute atomic E-state index is 0.204. The molecule has 2 nitrogen and oxygen atoms in total. The first-order valence-corrected chi connectivity index (χ1v) is 6.24. The van der Waals surface area contributed by atoms with Crippen LogP contribution in [0.3, 0.4) is 0 Å². The number of ether oxygens (including phenoxy) is 1. The topological polar surface area (TPSA) is 29.5 Å². The molecule has 2 aromatic carbocycles. The molecule has 0 aliphatic rings. The smallest absolute Gasteiger partial charge is 0.127 e. The zero-order valence-corrected chi connectivity index (χ0v) is 11.2. The van der Waals surface area contributed by atoms with Crippen LogP contribution in [0, 0.1) is 5.82 Å². The molecule has 0 bridgehead atoms. The predicted octanol–water partition coefficient (Wildman–Crippen LogP) is 3.76. The number of hydrogen-bond acceptors (Lipinski definition) is 2. The lowest BCUT2D eigenvalue weighted by atomic mass is 10.0. The Balaban J connectivity index is 2.13. The Morgan fingerprint density at radius 2 is 1.89 bits per heavy atom. The van der Waals surface area contributed by atoms with Gasteiger partial charge in [-0.15, -0.1) is 0 Å². The zero-order valence-electron chi connectivity index (χ0n) is 10.4. The van der Waals surface area contributed by atoms with E-state index in [2.05, 4.69) is 0 Å². The molecule has 0 aliphatic carbocycles. The van der Waals surface area contributed by atoms with Crippen LogP contribution in [0.15, 0.2) is 42.5 Å². The van der Waals surface area contributed by atoms with E-state index in [1.807, 2.05) is 0 Å². The molecule has 0 aliphatic heterocycles. The molecule has 100 valence electrons. The third-order valence-electron chi connectivity index (χ3n) is 2.93. The molecule has 2 rings (SSSR count). The number of aliphatic hydroxyl groups excluding tert-OH is 1. The minimum atomic E-state index is -0.762. The Morgan fingerprint density at radius 1 is 1.21 bits per heavy atom. The third kappa shape index (κ3) is 3.46. The summed E-state index contributed by atoms with van der Waals surface area (Å²) in [5, 5.41) is 10.4. The Bertz CT molecular complexity index is 555. The molecule has 0 radical (unpaired) electrons. The summed E-state index contributed by atoms with van der Waals surface area (Å²) in [4.78, 5) is 0. The number of halogens is 2. The van der Waals surface area contributed by atoms with Crippen LogP contribution in [-0.4, -0.2) is 12.2 Å². The molecule has 0 spiro atoms. The van der Waals surface area contributed by atoms with Gasteiger partial charge in [0.15, 0.2) is 0 Å². The molecule has 2 aromatic rings. The van der Waals surface area contributed by atoms with Crippen molar-refractivity contribution in [2.45, 2.75) is 12.5 Å². The van der Waals surface area contributed by atoms with E-state index in [-0.39, 0.29) is 6.42 Å². The van der Waals surface area contributed by atoms with Gasteiger partial charge in [-0.2, -0.15) is 0 Å². The molecule has 1 unspecified atom stereocenters. The highest BCUT2D eigenvalue weighted by Gasteiger charge is 2.12. The molecular weight excluding hydrogens is 267 g/mol. The average molecular weight is 281 g/mol. The fourth-order valence-corrected chi connectivity index (χ4v) is 2.00. The van der Waals surface area contributed by atoms with Gasteiger partial charge in [-0.25, -0.2) is 4.39 Å². The Morgan fingerprint density at radius 3 is 2.47 bits per heavy atom. The van der Waals surface area contributed by atoms with E-state index >= 15 is 0 Å². The van der Waals surface area contributed by atoms with Crippen LogP contribution in [0.4, 0.5) is 4.39 Å². The lowest BCUT2D eigenvalue weighted by Crippen LogP contribution is -2.03. The summed E-state index contributed by atoms with van der Waals surface area (Å²) in [5.74, 6) is 0.314. The van der Waals surface area contributed by atoms with E-state index in [9.17, 15) is 9.50 Å². The maximum Gasteiger partial charge on any atom is 0.127 e. The quantitative estimate of drug-likeness (QED) is 0.924. The van der Waals surface area contributed by atoms with Gasteiger partial charge in [0.25, 0.3) is 0 Å². The van der Waals surface area contributed by atoms with Crippen LogP contribution in [0.2, 0.25) is 5.02 Å². The molecular formula is C15H14ClFO2. The number of benzene rings is 2. The Hall–Kier alpha value is -1.58. The Kier molecular flexibility index (Phi) is 4.40. The van der Waals surface area contributed by atoms with Crippen molar-refractivity contribution in [1.82, 2.24) is 0 Å². The number of methoxy groups -OCH3 is 1.